The van der Waals surface area contributed by atoms with Crippen molar-refractivity contribution in [3.05, 3.63) is 65.7 Å². The molecule has 3 nitrogen and oxygen atoms in total. The van der Waals surface area contributed by atoms with E-state index in [0.717, 1.165) is 30.0 Å². The molecular weight excluding hydrogens is 284 g/mol. The predicted octanol–water partition coefficient (Wildman–Crippen LogP) is 3.79. The second-order valence-corrected chi connectivity index (χ2v) is 5.22. The lowest BCUT2D eigenvalue weighted by molar-refractivity contribution is 0.627. The van der Waals surface area contributed by atoms with Gasteiger partial charge in [-0.05, 0) is 42.8 Å². The van der Waals surface area contributed by atoms with Crippen molar-refractivity contribution < 1.29 is 8.78 Å². The predicted molar refractivity (Wildman–Crippen MR) is 81.1 cm³/mol. The molecule has 110 valence electrons. The molecular formula is C17H13F2N3. The topological polar surface area (TPSA) is 29.9 Å². The first kappa shape index (κ1) is 13.0. The fourth-order valence-electron chi connectivity index (χ4n) is 2.81. The molecule has 0 radical (unpaired) electrons. The van der Waals surface area contributed by atoms with Gasteiger partial charge in [-0.25, -0.2) is 13.5 Å². The van der Waals surface area contributed by atoms with Crippen LogP contribution in [0.4, 0.5) is 14.6 Å². The van der Waals surface area contributed by atoms with E-state index in [1.807, 2.05) is 0 Å². The normalized spacial score (nSPS) is 13.0. The number of nitrogens with zero attached hydrogens (tertiary/aromatic N) is 2. The van der Waals surface area contributed by atoms with E-state index >= 15 is 0 Å². The van der Waals surface area contributed by atoms with Crippen LogP contribution in [0.5, 0.6) is 0 Å². The average Bonchev–Trinajstić information content (AvgIpc) is 3.11. The van der Waals surface area contributed by atoms with E-state index in [-0.39, 0.29) is 11.6 Å². The lowest BCUT2D eigenvalue weighted by Crippen LogP contribution is -2.04. The molecule has 2 aromatic carbocycles. The van der Waals surface area contributed by atoms with Gasteiger partial charge in [0.15, 0.2) is 0 Å². The van der Waals surface area contributed by atoms with Crippen molar-refractivity contribution in [2.75, 3.05) is 11.9 Å². The van der Waals surface area contributed by atoms with Crippen LogP contribution in [0, 0.1) is 11.6 Å². The molecule has 22 heavy (non-hydrogen) atoms. The van der Waals surface area contributed by atoms with E-state index in [1.165, 1.54) is 18.2 Å². The Morgan fingerprint density at radius 1 is 1.00 bits per heavy atom. The van der Waals surface area contributed by atoms with Crippen molar-refractivity contribution in [2.45, 2.75) is 6.42 Å². The Balaban J connectivity index is 1.90. The highest BCUT2D eigenvalue weighted by molar-refractivity contribution is 5.73. The van der Waals surface area contributed by atoms with Crippen LogP contribution < -0.4 is 5.32 Å². The van der Waals surface area contributed by atoms with Crippen LogP contribution in [0.1, 0.15) is 5.56 Å². The van der Waals surface area contributed by atoms with Crippen molar-refractivity contribution >= 4 is 5.82 Å². The number of benzene rings is 2. The van der Waals surface area contributed by atoms with E-state index in [1.54, 1.807) is 35.0 Å². The zero-order chi connectivity index (χ0) is 15.1. The zero-order valence-electron chi connectivity index (χ0n) is 11.7. The van der Waals surface area contributed by atoms with Gasteiger partial charge in [0.2, 0.25) is 0 Å². The summed E-state index contributed by atoms with van der Waals surface area (Å²) in [6.45, 7) is 0.788. The standard InChI is InChI=1S/C17H13F2N3/c18-11-5-7-12(8-6-11)22-17-14(9-10-20-17)16(21-22)13-3-1-2-4-15(13)19/h1-8,20H,9-10H2. The second-order valence-electron chi connectivity index (χ2n) is 5.22. The van der Waals surface area contributed by atoms with Gasteiger partial charge < -0.3 is 5.32 Å². The maximum absolute atomic E-state index is 14.1. The lowest BCUT2D eigenvalue weighted by Gasteiger charge is -2.06. The molecule has 0 aliphatic carbocycles. The molecule has 0 fully saturated rings. The Morgan fingerprint density at radius 2 is 1.77 bits per heavy atom. The molecule has 0 atom stereocenters. The van der Waals surface area contributed by atoms with Crippen LogP contribution in [-0.2, 0) is 6.42 Å². The first-order valence-corrected chi connectivity index (χ1v) is 7.10. The molecule has 4 rings (SSSR count). The molecule has 0 saturated heterocycles. The summed E-state index contributed by atoms with van der Waals surface area (Å²) in [4.78, 5) is 0. The molecule has 2 heterocycles. The zero-order valence-corrected chi connectivity index (χ0v) is 11.7. The summed E-state index contributed by atoms with van der Waals surface area (Å²) in [7, 11) is 0. The fourth-order valence-corrected chi connectivity index (χ4v) is 2.81. The number of anilines is 1. The van der Waals surface area contributed by atoms with Crippen LogP contribution in [0.3, 0.4) is 0 Å². The summed E-state index contributed by atoms with van der Waals surface area (Å²) in [5.74, 6) is 0.264. The Kier molecular flexibility index (Phi) is 2.92. The average molecular weight is 297 g/mol. The molecule has 0 unspecified atom stereocenters. The summed E-state index contributed by atoms with van der Waals surface area (Å²) in [5.41, 5.74) is 2.87. The number of halogens is 2. The third kappa shape index (κ3) is 1.97. The van der Waals surface area contributed by atoms with Crippen LogP contribution in [0.2, 0.25) is 0 Å². The molecule has 3 aromatic rings. The van der Waals surface area contributed by atoms with Gasteiger partial charge in [-0.1, -0.05) is 12.1 Å². The highest BCUT2D eigenvalue weighted by Crippen LogP contribution is 2.35. The van der Waals surface area contributed by atoms with Gasteiger partial charge >= 0.3 is 0 Å². The smallest absolute Gasteiger partial charge is 0.133 e. The maximum Gasteiger partial charge on any atom is 0.133 e. The quantitative estimate of drug-likeness (QED) is 0.780. The molecule has 0 bridgehead atoms. The molecule has 1 aromatic heterocycles. The number of fused-ring (bicyclic) bond motifs is 1. The van der Waals surface area contributed by atoms with Crippen LogP contribution in [0.25, 0.3) is 16.9 Å². The summed E-state index contributed by atoms with van der Waals surface area (Å²) in [5, 5.41) is 7.83. The number of rotatable bonds is 2. The summed E-state index contributed by atoms with van der Waals surface area (Å²) >= 11 is 0. The Bertz CT molecular complexity index is 838. The van der Waals surface area contributed by atoms with Crippen molar-refractivity contribution in [3.8, 4) is 16.9 Å². The highest BCUT2D eigenvalue weighted by atomic mass is 19.1. The van der Waals surface area contributed by atoms with Crippen LogP contribution in [0.15, 0.2) is 48.5 Å². The summed E-state index contributed by atoms with van der Waals surface area (Å²) in [6, 6.07) is 12.7. The fraction of sp³-hybridized carbons (Fsp3) is 0.118. The lowest BCUT2D eigenvalue weighted by atomic mass is 10.1. The van der Waals surface area contributed by atoms with Crippen molar-refractivity contribution in [2.24, 2.45) is 0 Å². The minimum atomic E-state index is -0.296. The molecule has 1 aliphatic heterocycles. The van der Waals surface area contributed by atoms with Gasteiger partial charge in [0.1, 0.15) is 23.1 Å². The monoisotopic (exact) mass is 297 g/mol. The largest absolute Gasteiger partial charge is 0.369 e. The van der Waals surface area contributed by atoms with E-state index < -0.39 is 0 Å². The van der Waals surface area contributed by atoms with Gasteiger partial charge in [-0.15, -0.1) is 0 Å². The van der Waals surface area contributed by atoms with E-state index in [2.05, 4.69) is 10.4 Å². The maximum atomic E-state index is 14.1. The van der Waals surface area contributed by atoms with Gasteiger partial charge in [0, 0.05) is 17.7 Å². The Hall–Kier alpha value is -2.69. The summed E-state index contributed by atoms with van der Waals surface area (Å²) < 4.78 is 28.9. The SMILES string of the molecule is Fc1ccc(-n2nc(-c3ccccc3F)c3c2NCC3)cc1. The molecule has 5 heteroatoms. The molecule has 0 spiro atoms. The number of hydrogen-bond donors (Lipinski definition) is 1. The number of hydrogen-bond acceptors (Lipinski definition) is 2. The summed E-state index contributed by atoms with van der Waals surface area (Å²) in [6.07, 6.45) is 0.792. The van der Waals surface area contributed by atoms with Gasteiger partial charge in [0.25, 0.3) is 0 Å². The first-order chi connectivity index (χ1) is 10.7. The molecule has 0 saturated carbocycles. The third-order valence-electron chi connectivity index (χ3n) is 3.85. The third-order valence-corrected chi connectivity index (χ3v) is 3.85. The van der Waals surface area contributed by atoms with Gasteiger partial charge in [0.05, 0.1) is 5.69 Å². The minimum absolute atomic E-state index is 0.291. The van der Waals surface area contributed by atoms with Crippen LogP contribution in [-0.4, -0.2) is 16.3 Å². The molecule has 1 aliphatic rings. The van der Waals surface area contributed by atoms with E-state index in [0.29, 0.717) is 11.3 Å². The van der Waals surface area contributed by atoms with Crippen molar-refractivity contribution in [1.29, 1.82) is 0 Å². The van der Waals surface area contributed by atoms with Gasteiger partial charge in [-0.2, -0.15) is 5.10 Å². The highest BCUT2D eigenvalue weighted by Gasteiger charge is 2.25. The minimum Gasteiger partial charge on any atom is -0.369 e. The van der Waals surface area contributed by atoms with Crippen molar-refractivity contribution in [1.82, 2.24) is 9.78 Å². The Morgan fingerprint density at radius 3 is 2.55 bits per heavy atom. The van der Waals surface area contributed by atoms with Gasteiger partial charge in [-0.3, -0.25) is 0 Å². The Labute approximate surface area is 126 Å². The first-order valence-electron chi connectivity index (χ1n) is 7.10. The van der Waals surface area contributed by atoms with E-state index in [9.17, 15) is 8.78 Å². The van der Waals surface area contributed by atoms with E-state index in [4.69, 9.17) is 0 Å². The van der Waals surface area contributed by atoms with Crippen LogP contribution >= 0.6 is 0 Å². The molecule has 0 amide bonds. The number of aromatic nitrogens is 2. The molecule has 1 N–H and O–H groups in total. The van der Waals surface area contributed by atoms with Crippen molar-refractivity contribution in [3.63, 3.8) is 0 Å². The number of nitrogens with one attached hydrogen (secondary N) is 1. The second kappa shape index (κ2) is 4.94.